The molecule has 6 aromatic carbocycles. The Labute approximate surface area is 253 Å². The van der Waals surface area contributed by atoms with Crippen LogP contribution in [-0.2, 0) is 10.8 Å². The minimum Gasteiger partial charge on any atom is -0.309 e. The SMILES string of the molecule is CC1(C)c2ccccc2-c2cc(-c3ccc(-n4c5ccccc5c5ccc6c(c54)-c4ccccc4C6(C)C)cc3)ccc21. The summed E-state index contributed by atoms with van der Waals surface area (Å²) in [4.78, 5) is 0. The van der Waals surface area contributed by atoms with E-state index in [0.29, 0.717) is 0 Å². The Morgan fingerprint density at radius 1 is 0.442 bits per heavy atom. The molecule has 2 aliphatic rings. The standard InChI is InChI=1S/C42H33N/c1-41(2)34-14-8-5-11-29(34)33-25-27(19-23-36(33)41)26-17-20-28(21-18-26)43-38-16-10-7-12-30(38)31-22-24-37-39(40(31)43)32-13-6-9-15-35(32)42(37,3)4/h5-25H,1-4H3. The van der Waals surface area contributed by atoms with E-state index >= 15 is 0 Å². The molecule has 1 nitrogen and oxygen atoms in total. The second-order valence-electron chi connectivity index (χ2n) is 13.4. The maximum atomic E-state index is 2.49. The van der Waals surface area contributed by atoms with Crippen molar-refractivity contribution in [3.63, 3.8) is 0 Å². The van der Waals surface area contributed by atoms with Crippen molar-refractivity contribution in [1.82, 2.24) is 4.57 Å². The number of hydrogen-bond donors (Lipinski definition) is 0. The van der Waals surface area contributed by atoms with Gasteiger partial charge < -0.3 is 4.57 Å². The maximum absolute atomic E-state index is 2.49. The van der Waals surface area contributed by atoms with Gasteiger partial charge in [-0.15, -0.1) is 0 Å². The monoisotopic (exact) mass is 551 g/mol. The Balaban J connectivity index is 1.24. The predicted octanol–water partition coefficient (Wildman–Crippen LogP) is 11.1. The van der Waals surface area contributed by atoms with Gasteiger partial charge in [0.1, 0.15) is 0 Å². The van der Waals surface area contributed by atoms with Crippen LogP contribution in [0.2, 0.25) is 0 Å². The lowest BCUT2D eigenvalue weighted by molar-refractivity contribution is 0.660. The van der Waals surface area contributed by atoms with Gasteiger partial charge >= 0.3 is 0 Å². The molecule has 0 aliphatic heterocycles. The lowest BCUT2D eigenvalue weighted by Gasteiger charge is -2.21. The number of benzene rings is 6. The van der Waals surface area contributed by atoms with Crippen molar-refractivity contribution in [2.75, 3.05) is 0 Å². The smallest absolute Gasteiger partial charge is 0.0622 e. The first kappa shape index (κ1) is 24.7. The zero-order valence-electron chi connectivity index (χ0n) is 25.1. The van der Waals surface area contributed by atoms with E-state index in [0.717, 1.165) is 0 Å². The van der Waals surface area contributed by atoms with Crippen LogP contribution in [0, 0.1) is 0 Å². The highest BCUT2D eigenvalue weighted by Crippen LogP contribution is 2.53. The quantitative estimate of drug-likeness (QED) is 0.201. The van der Waals surface area contributed by atoms with Crippen molar-refractivity contribution in [1.29, 1.82) is 0 Å². The molecule has 0 unspecified atom stereocenters. The van der Waals surface area contributed by atoms with Crippen LogP contribution < -0.4 is 0 Å². The molecule has 0 atom stereocenters. The molecule has 1 aromatic heterocycles. The van der Waals surface area contributed by atoms with Crippen LogP contribution in [0.1, 0.15) is 49.9 Å². The van der Waals surface area contributed by atoms with Crippen LogP contribution in [-0.4, -0.2) is 4.57 Å². The second-order valence-corrected chi connectivity index (χ2v) is 13.4. The summed E-state index contributed by atoms with van der Waals surface area (Å²) < 4.78 is 2.49. The van der Waals surface area contributed by atoms with Gasteiger partial charge in [-0.05, 0) is 74.3 Å². The van der Waals surface area contributed by atoms with Gasteiger partial charge in [0.2, 0.25) is 0 Å². The van der Waals surface area contributed by atoms with Gasteiger partial charge in [-0.2, -0.15) is 0 Å². The number of fused-ring (bicyclic) bond motifs is 10. The van der Waals surface area contributed by atoms with E-state index < -0.39 is 0 Å². The van der Waals surface area contributed by atoms with Gasteiger partial charge in [0.05, 0.1) is 11.0 Å². The highest BCUT2D eigenvalue weighted by Gasteiger charge is 2.38. The zero-order valence-corrected chi connectivity index (χ0v) is 25.1. The van der Waals surface area contributed by atoms with Gasteiger partial charge in [-0.3, -0.25) is 0 Å². The number of rotatable bonds is 2. The van der Waals surface area contributed by atoms with Crippen molar-refractivity contribution in [3.8, 4) is 39.1 Å². The van der Waals surface area contributed by atoms with Crippen molar-refractivity contribution >= 4 is 21.8 Å². The van der Waals surface area contributed by atoms with Crippen LogP contribution in [0.3, 0.4) is 0 Å². The Hall–Kier alpha value is -4.88. The molecule has 0 spiro atoms. The Kier molecular flexibility index (Phi) is 4.80. The third-order valence-electron chi connectivity index (χ3n) is 10.4. The number of para-hydroxylation sites is 1. The highest BCUT2D eigenvalue weighted by atomic mass is 15.0. The fourth-order valence-corrected chi connectivity index (χ4v) is 8.21. The summed E-state index contributed by atoms with van der Waals surface area (Å²) >= 11 is 0. The minimum absolute atomic E-state index is 0.0261. The number of hydrogen-bond acceptors (Lipinski definition) is 0. The predicted molar refractivity (Wildman–Crippen MR) is 181 cm³/mol. The van der Waals surface area contributed by atoms with E-state index in [1.807, 2.05) is 0 Å². The lowest BCUT2D eigenvalue weighted by Crippen LogP contribution is -2.14. The average Bonchev–Trinajstić information content (AvgIpc) is 3.58. The molecule has 206 valence electrons. The molecule has 0 fully saturated rings. The molecule has 2 aliphatic carbocycles. The fourth-order valence-electron chi connectivity index (χ4n) is 8.21. The van der Waals surface area contributed by atoms with Crippen molar-refractivity contribution in [3.05, 3.63) is 150 Å². The summed E-state index contributed by atoms with van der Waals surface area (Å²) in [6.45, 7) is 9.41. The average molecular weight is 552 g/mol. The molecule has 0 N–H and O–H groups in total. The van der Waals surface area contributed by atoms with Crippen molar-refractivity contribution < 1.29 is 0 Å². The highest BCUT2D eigenvalue weighted by molar-refractivity contribution is 6.15. The van der Waals surface area contributed by atoms with Gasteiger partial charge in [0.15, 0.2) is 0 Å². The summed E-state index contributed by atoms with van der Waals surface area (Å²) in [5.41, 5.74) is 17.3. The first-order valence-electron chi connectivity index (χ1n) is 15.4. The van der Waals surface area contributed by atoms with Crippen molar-refractivity contribution in [2.45, 2.75) is 38.5 Å². The topological polar surface area (TPSA) is 4.93 Å². The van der Waals surface area contributed by atoms with Crippen molar-refractivity contribution in [2.24, 2.45) is 0 Å². The molecule has 1 heteroatoms. The summed E-state index contributed by atoms with van der Waals surface area (Å²) in [5.74, 6) is 0. The Morgan fingerprint density at radius 3 is 1.81 bits per heavy atom. The lowest BCUT2D eigenvalue weighted by atomic mass is 9.82. The van der Waals surface area contributed by atoms with E-state index in [1.54, 1.807) is 0 Å². The molecular formula is C42H33N. The molecule has 0 bridgehead atoms. The fraction of sp³-hybridized carbons (Fsp3) is 0.143. The van der Waals surface area contributed by atoms with E-state index in [4.69, 9.17) is 0 Å². The first-order valence-corrected chi connectivity index (χ1v) is 15.4. The van der Waals surface area contributed by atoms with Crippen LogP contribution >= 0.6 is 0 Å². The molecule has 7 aromatic rings. The summed E-state index contributed by atoms with van der Waals surface area (Å²) in [7, 11) is 0. The molecule has 0 saturated carbocycles. The molecule has 43 heavy (non-hydrogen) atoms. The van der Waals surface area contributed by atoms with E-state index in [-0.39, 0.29) is 10.8 Å². The summed E-state index contributed by atoms with van der Waals surface area (Å²) in [6, 6.07) is 47.6. The van der Waals surface area contributed by atoms with Crippen LogP contribution in [0.5, 0.6) is 0 Å². The second kappa shape index (κ2) is 8.36. The van der Waals surface area contributed by atoms with Crippen LogP contribution in [0.15, 0.2) is 127 Å². The Bertz CT molecular complexity index is 2270. The minimum atomic E-state index is -0.0357. The first-order chi connectivity index (χ1) is 20.9. The summed E-state index contributed by atoms with van der Waals surface area (Å²) in [6.07, 6.45) is 0. The molecular weight excluding hydrogens is 518 g/mol. The Morgan fingerprint density at radius 2 is 1.02 bits per heavy atom. The van der Waals surface area contributed by atoms with E-state index in [9.17, 15) is 0 Å². The van der Waals surface area contributed by atoms with Crippen LogP contribution in [0.4, 0.5) is 0 Å². The van der Waals surface area contributed by atoms with E-state index in [1.165, 1.54) is 83.1 Å². The molecule has 0 amide bonds. The summed E-state index contributed by atoms with van der Waals surface area (Å²) in [5, 5.41) is 2.61. The van der Waals surface area contributed by atoms with Gasteiger partial charge in [0, 0.05) is 32.9 Å². The normalized spacial score (nSPS) is 15.3. The van der Waals surface area contributed by atoms with Gasteiger partial charge in [-0.25, -0.2) is 0 Å². The molecule has 1 heterocycles. The molecule has 0 radical (unpaired) electrons. The number of aromatic nitrogens is 1. The molecule has 0 saturated heterocycles. The van der Waals surface area contributed by atoms with Gasteiger partial charge in [-0.1, -0.05) is 131 Å². The van der Waals surface area contributed by atoms with E-state index in [2.05, 4.69) is 160 Å². The third-order valence-corrected chi connectivity index (χ3v) is 10.4. The van der Waals surface area contributed by atoms with Crippen LogP contribution in [0.25, 0.3) is 60.9 Å². The number of nitrogens with zero attached hydrogens (tertiary/aromatic N) is 1. The largest absolute Gasteiger partial charge is 0.309 e. The third kappa shape index (κ3) is 3.17. The maximum Gasteiger partial charge on any atom is 0.0622 e. The van der Waals surface area contributed by atoms with Gasteiger partial charge in [0.25, 0.3) is 0 Å². The zero-order chi connectivity index (χ0) is 29.1. The molecule has 9 rings (SSSR count).